The number of likely N-dealkylation sites (N-methyl/N-ethyl adjacent to an activating group) is 1. The van der Waals surface area contributed by atoms with Crippen LogP contribution in [0.5, 0.6) is 5.75 Å². The predicted octanol–water partition coefficient (Wildman–Crippen LogP) is 5.10. The van der Waals surface area contributed by atoms with Gasteiger partial charge in [0.1, 0.15) is 12.4 Å². The Labute approximate surface area is 190 Å². The SMILES string of the molecule is CCOC(=O)C1=C(COc2ccc(C)cc2)N(CC)C(=O)NC1c1ccc(C(C)C)cc1. The van der Waals surface area contributed by atoms with E-state index in [0.717, 1.165) is 11.1 Å². The second kappa shape index (κ2) is 10.4. The number of hydrogen-bond donors (Lipinski definition) is 1. The topological polar surface area (TPSA) is 67.9 Å². The van der Waals surface area contributed by atoms with Crippen LogP contribution in [-0.4, -0.2) is 36.7 Å². The minimum atomic E-state index is -0.609. The molecule has 6 nitrogen and oxygen atoms in total. The highest BCUT2D eigenvalue weighted by Gasteiger charge is 2.38. The van der Waals surface area contributed by atoms with Gasteiger partial charge in [-0.25, -0.2) is 9.59 Å². The Morgan fingerprint density at radius 3 is 2.28 bits per heavy atom. The molecule has 2 aromatic rings. The number of hydrogen-bond acceptors (Lipinski definition) is 4. The number of benzene rings is 2. The standard InChI is InChI=1S/C26H32N2O4/c1-6-28-22(16-32-21-14-8-18(5)9-15-21)23(25(29)31-7-2)24(27-26(28)30)20-12-10-19(11-13-20)17(3)4/h8-15,17,24H,6-7,16H2,1-5H3,(H,27,30). The molecule has 1 aliphatic rings. The van der Waals surface area contributed by atoms with E-state index in [2.05, 4.69) is 19.2 Å². The summed E-state index contributed by atoms with van der Waals surface area (Å²) in [6.45, 7) is 10.6. The zero-order valence-corrected chi connectivity index (χ0v) is 19.5. The number of carbonyl (C=O) groups excluding carboxylic acids is 2. The molecule has 1 N–H and O–H groups in total. The summed E-state index contributed by atoms with van der Waals surface area (Å²) in [4.78, 5) is 27.6. The Balaban J connectivity index is 2.04. The lowest BCUT2D eigenvalue weighted by Gasteiger charge is -2.36. The van der Waals surface area contributed by atoms with E-state index in [0.29, 0.717) is 29.5 Å². The molecule has 0 saturated carbocycles. The molecule has 1 heterocycles. The molecule has 0 spiro atoms. The van der Waals surface area contributed by atoms with Crippen LogP contribution in [0.1, 0.15) is 56.3 Å². The van der Waals surface area contributed by atoms with Crippen molar-refractivity contribution in [2.45, 2.75) is 46.6 Å². The minimum Gasteiger partial charge on any atom is -0.487 e. The van der Waals surface area contributed by atoms with Gasteiger partial charge in [-0.15, -0.1) is 0 Å². The average molecular weight is 437 g/mol. The molecule has 32 heavy (non-hydrogen) atoms. The average Bonchev–Trinajstić information content (AvgIpc) is 2.78. The highest BCUT2D eigenvalue weighted by molar-refractivity contribution is 5.95. The van der Waals surface area contributed by atoms with Crippen molar-refractivity contribution in [3.8, 4) is 5.75 Å². The third-order valence-electron chi connectivity index (χ3n) is 5.58. The van der Waals surface area contributed by atoms with Gasteiger partial charge in [0.2, 0.25) is 0 Å². The molecule has 3 rings (SSSR count). The third-order valence-corrected chi connectivity index (χ3v) is 5.58. The van der Waals surface area contributed by atoms with Crippen LogP contribution in [0.15, 0.2) is 59.8 Å². The molecular formula is C26H32N2O4. The van der Waals surface area contributed by atoms with Crippen molar-refractivity contribution < 1.29 is 19.1 Å². The normalized spacial score (nSPS) is 16.2. The fourth-order valence-electron chi connectivity index (χ4n) is 3.75. The summed E-state index contributed by atoms with van der Waals surface area (Å²) >= 11 is 0. The largest absolute Gasteiger partial charge is 0.487 e. The van der Waals surface area contributed by atoms with Gasteiger partial charge in [-0.1, -0.05) is 55.8 Å². The number of amides is 2. The number of esters is 1. The quantitative estimate of drug-likeness (QED) is 0.585. The van der Waals surface area contributed by atoms with Gasteiger partial charge in [-0.05, 0) is 49.9 Å². The summed E-state index contributed by atoms with van der Waals surface area (Å²) in [5.41, 5.74) is 4.07. The van der Waals surface area contributed by atoms with Crippen molar-refractivity contribution in [1.82, 2.24) is 10.2 Å². The molecule has 170 valence electrons. The number of ether oxygens (including phenoxy) is 2. The minimum absolute atomic E-state index is 0.0824. The van der Waals surface area contributed by atoms with E-state index < -0.39 is 12.0 Å². The second-order valence-electron chi connectivity index (χ2n) is 8.13. The summed E-state index contributed by atoms with van der Waals surface area (Å²) in [5.74, 6) is 0.608. The zero-order chi connectivity index (χ0) is 23.3. The molecule has 1 unspecified atom stereocenters. The Kier molecular flexibility index (Phi) is 7.57. The highest BCUT2D eigenvalue weighted by Crippen LogP contribution is 2.32. The Bertz CT molecular complexity index is 978. The van der Waals surface area contributed by atoms with Crippen LogP contribution in [0.4, 0.5) is 4.79 Å². The summed E-state index contributed by atoms with van der Waals surface area (Å²) in [6.07, 6.45) is 0. The van der Waals surface area contributed by atoms with Gasteiger partial charge >= 0.3 is 12.0 Å². The molecule has 0 aliphatic carbocycles. The van der Waals surface area contributed by atoms with Crippen molar-refractivity contribution in [1.29, 1.82) is 0 Å². The number of nitrogens with zero attached hydrogens (tertiary/aromatic N) is 1. The number of rotatable bonds is 8. The van der Waals surface area contributed by atoms with E-state index in [1.54, 1.807) is 11.8 Å². The molecule has 0 saturated heterocycles. The first kappa shape index (κ1) is 23.4. The summed E-state index contributed by atoms with van der Waals surface area (Å²) < 4.78 is 11.4. The zero-order valence-electron chi connectivity index (χ0n) is 19.5. The van der Waals surface area contributed by atoms with Gasteiger partial charge in [-0.3, -0.25) is 4.90 Å². The molecule has 6 heteroatoms. The van der Waals surface area contributed by atoms with Gasteiger partial charge in [0, 0.05) is 6.54 Å². The summed E-state index contributed by atoms with van der Waals surface area (Å²) in [6, 6.07) is 14.8. The van der Waals surface area contributed by atoms with Crippen LogP contribution in [0.2, 0.25) is 0 Å². The fraction of sp³-hybridized carbons (Fsp3) is 0.385. The van der Waals surface area contributed by atoms with Crippen molar-refractivity contribution >= 4 is 12.0 Å². The molecule has 0 bridgehead atoms. The number of urea groups is 1. The van der Waals surface area contributed by atoms with Crippen molar-refractivity contribution in [2.75, 3.05) is 19.8 Å². The van der Waals surface area contributed by atoms with E-state index in [-0.39, 0.29) is 19.2 Å². The molecular weight excluding hydrogens is 404 g/mol. The maximum atomic E-state index is 13.1. The monoisotopic (exact) mass is 436 g/mol. The first-order valence-corrected chi connectivity index (χ1v) is 11.1. The van der Waals surface area contributed by atoms with Crippen molar-refractivity contribution in [3.63, 3.8) is 0 Å². The maximum Gasteiger partial charge on any atom is 0.338 e. The summed E-state index contributed by atoms with van der Waals surface area (Å²) in [5, 5.41) is 2.98. The van der Waals surface area contributed by atoms with Crippen LogP contribution in [-0.2, 0) is 9.53 Å². The molecule has 0 radical (unpaired) electrons. The van der Waals surface area contributed by atoms with Crippen LogP contribution in [0.3, 0.4) is 0 Å². The van der Waals surface area contributed by atoms with E-state index in [1.165, 1.54) is 5.56 Å². The Hall–Kier alpha value is -3.28. The van der Waals surface area contributed by atoms with Crippen LogP contribution in [0.25, 0.3) is 0 Å². The van der Waals surface area contributed by atoms with E-state index in [9.17, 15) is 9.59 Å². The molecule has 1 atom stereocenters. The van der Waals surface area contributed by atoms with Crippen LogP contribution < -0.4 is 10.1 Å². The Morgan fingerprint density at radius 1 is 1.06 bits per heavy atom. The number of carbonyl (C=O) groups is 2. The number of aryl methyl sites for hydroxylation is 1. The molecule has 1 aliphatic heterocycles. The van der Waals surface area contributed by atoms with E-state index in [4.69, 9.17) is 9.47 Å². The predicted molar refractivity (Wildman–Crippen MR) is 125 cm³/mol. The van der Waals surface area contributed by atoms with Crippen LogP contribution in [0, 0.1) is 6.92 Å². The molecule has 0 aromatic heterocycles. The molecule has 2 aromatic carbocycles. The van der Waals surface area contributed by atoms with Gasteiger partial charge in [0.15, 0.2) is 0 Å². The van der Waals surface area contributed by atoms with Gasteiger partial charge in [0.05, 0.1) is 23.9 Å². The highest BCUT2D eigenvalue weighted by atomic mass is 16.5. The lowest BCUT2D eigenvalue weighted by Crippen LogP contribution is -2.49. The van der Waals surface area contributed by atoms with Gasteiger partial charge in [0.25, 0.3) is 0 Å². The first-order chi connectivity index (χ1) is 15.3. The van der Waals surface area contributed by atoms with Crippen molar-refractivity contribution in [3.05, 3.63) is 76.5 Å². The second-order valence-corrected chi connectivity index (χ2v) is 8.13. The van der Waals surface area contributed by atoms with Crippen LogP contribution >= 0.6 is 0 Å². The van der Waals surface area contributed by atoms with E-state index >= 15 is 0 Å². The maximum absolute atomic E-state index is 13.1. The fourth-order valence-corrected chi connectivity index (χ4v) is 3.75. The van der Waals surface area contributed by atoms with Gasteiger partial charge < -0.3 is 14.8 Å². The number of nitrogens with one attached hydrogen (secondary N) is 1. The van der Waals surface area contributed by atoms with E-state index in [1.807, 2.05) is 62.4 Å². The summed E-state index contributed by atoms with van der Waals surface area (Å²) in [7, 11) is 0. The Morgan fingerprint density at radius 2 is 1.72 bits per heavy atom. The lowest BCUT2D eigenvalue weighted by molar-refractivity contribution is -0.139. The smallest absolute Gasteiger partial charge is 0.338 e. The van der Waals surface area contributed by atoms with Gasteiger partial charge in [-0.2, -0.15) is 0 Å². The lowest BCUT2D eigenvalue weighted by atomic mass is 9.92. The third kappa shape index (κ3) is 5.13. The first-order valence-electron chi connectivity index (χ1n) is 11.1. The molecule has 2 amide bonds. The molecule has 0 fully saturated rings. The van der Waals surface area contributed by atoms with Crippen molar-refractivity contribution in [2.24, 2.45) is 0 Å².